The van der Waals surface area contributed by atoms with Gasteiger partial charge in [0, 0.05) is 55.3 Å². The van der Waals surface area contributed by atoms with Crippen molar-refractivity contribution in [3.8, 4) is 11.1 Å². The Bertz CT molecular complexity index is 1810. The molecule has 0 aliphatic rings. The molecule has 46 heavy (non-hydrogen) atoms. The molecule has 1 amide bonds. The van der Waals surface area contributed by atoms with Gasteiger partial charge < -0.3 is 14.8 Å². The Kier molecular flexibility index (Phi) is 11.4. The number of thioether (sulfide) groups is 1. The van der Waals surface area contributed by atoms with Crippen LogP contribution in [0.5, 0.6) is 0 Å². The van der Waals surface area contributed by atoms with Crippen molar-refractivity contribution < 1.29 is 9.18 Å². The van der Waals surface area contributed by atoms with Crippen molar-refractivity contribution in [1.82, 2.24) is 29.5 Å². The van der Waals surface area contributed by atoms with Gasteiger partial charge in [-0.15, -0.1) is 0 Å². The Morgan fingerprint density at radius 2 is 1.63 bits per heavy atom. The molecule has 5 rings (SSSR count). The summed E-state index contributed by atoms with van der Waals surface area (Å²) >= 11 is 7.40. The van der Waals surface area contributed by atoms with Crippen molar-refractivity contribution in [2.24, 2.45) is 7.05 Å². The van der Waals surface area contributed by atoms with Gasteiger partial charge in [-0.25, -0.2) is 4.39 Å². The average molecular weight is 659 g/mol. The number of nitrogens with one attached hydrogen (secondary N) is 1. The van der Waals surface area contributed by atoms with Crippen molar-refractivity contribution in [2.75, 3.05) is 20.1 Å². The fraction of sp³-hybridized carbons (Fsp3) is 0.257. The summed E-state index contributed by atoms with van der Waals surface area (Å²) < 4.78 is 16.9. The summed E-state index contributed by atoms with van der Waals surface area (Å²) in [6, 6.07) is 22.1. The number of benzene rings is 3. The molecule has 0 radical (unpaired) electrons. The molecule has 0 bridgehead atoms. The third-order valence-corrected chi connectivity index (χ3v) is 8.80. The van der Waals surface area contributed by atoms with E-state index < -0.39 is 0 Å². The second-order valence-corrected chi connectivity index (χ2v) is 12.5. The zero-order valence-corrected chi connectivity index (χ0v) is 27.4. The number of rotatable bonds is 14. The van der Waals surface area contributed by atoms with Gasteiger partial charge in [0.25, 0.3) is 5.56 Å². The lowest BCUT2D eigenvalue weighted by molar-refractivity contribution is -0.132. The van der Waals surface area contributed by atoms with Crippen molar-refractivity contribution >= 4 is 29.3 Å². The second kappa shape index (κ2) is 15.8. The van der Waals surface area contributed by atoms with Gasteiger partial charge in [-0.05, 0) is 72.1 Å². The molecule has 11 heteroatoms. The van der Waals surface area contributed by atoms with Gasteiger partial charge in [-0.3, -0.25) is 14.3 Å². The predicted octanol–water partition coefficient (Wildman–Crippen LogP) is 5.96. The first kappa shape index (κ1) is 33.1. The Hall–Kier alpha value is -4.25. The number of amides is 1. The third-order valence-electron chi connectivity index (χ3n) is 7.48. The molecule has 0 atom stereocenters. The number of hydrogen-bond acceptors (Lipinski definition) is 6. The number of hydrogen-bond donors (Lipinski definition) is 1. The van der Waals surface area contributed by atoms with E-state index in [1.54, 1.807) is 33.8 Å². The molecule has 0 aliphatic carbocycles. The molecule has 2 heterocycles. The minimum Gasteiger partial charge on any atom is -0.337 e. The average Bonchev–Trinajstić information content (AvgIpc) is 3.47. The lowest BCUT2D eigenvalue weighted by atomic mass is 10.0. The van der Waals surface area contributed by atoms with E-state index in [1.165, 1.54) is 23.9 Å². The zero-order chi connectivity index (χ0) is 32.5. The molecule has 0 aliphatic heterocycles. The molecule has 0 unspecified atom stereocenters. The number of aryl methyl sites for hydroxylation is 1. The molecular weight excluding hydrogens is 623 g/mol. The Labute approximate surface area is 277 Å². The number of nitrogens with zero attached hydrogens (tertiary/aromatic N) is 5. The molecule has 238 valence electrons. The highest BCUT2D eigenvalue weighted by Crippen LogP contribution is 2.24. The molecule has 0 saturated carbocycles. The maximum atomic E-state index is 14.0. The standard InChI is InChI=1S/C35H36ClFN6O2S/c1-38-16-3-17-42(21-25-4-8-28(9-5-25)29-10-12-31(36)13-11-29)33(44)23-43-22-30(18-27-19-39-41(2)20-27)34(45)40-35(43)46-24-26-6-14-32(37)15-7-26/h4-15,19-20,22,38H,3,16-18,21,23-24H2,1-2H3. The largest absolute Gasteiger partial charge is 0.337 e. The van der Waals surface area contributed by atoms with E-state index in [4.69, 9.17) is 11.6 Å². The van der Waals surface area contributed by atoms with Crippen LogP contribution in [0.15, 0.2) is 101 Å². The SMILES string of the molecule is CNCCCN(Cc1ccc(-c2ccc(Cl)cc2)cc1)C(=O)Cn1cc(Cc2cnn(C)c2)c(=O)nc1SCc1ccc(F)cc1. The Morgan fingerprint density at radius 1 is 0.957 bits per heavy atom. The first-order valence-corrected chi connectivity index (χ1v) is 16.4. The maximum Gasteiger partial charge on any atom is 0.277 e. The van der Waals surface area contributed by atoms with Crippen LogP contribution in [-0.2, 0) is 37.1 Å². The molecule has 0 saturated heterocycles. The first-order chi connectivity index (χ1) is 22.3. The van der Waals surface area contributed by atoms with Crippen LogP contribution in [0.3, 0.4) is 0 Å². The summed E-state index contributed by atoms with van der Waals surface area (Å²) in [6.45, 7) is 1.79. The molecule has 8 nitrogen and oxygen atoms in total. The monoisotopic (exact) mass is 658 g/mol. The molecule has 0 spiro atoms. The van der Waals surface area contributed by atoms with Gasteiger partial charge in [0.1, 0.15) is 12.4 Å². The number of carbonyl (C=O) groups is 1. The van der Waals surface area contributed by atoms with Crippen molar-refractivity contribution in [2.45, 2.75) is 36.8 Å². The van der Waals surface area contributed by atoms with Gasteiger partial charge in [-0.1, -0.05) is 71.9 Å². The van der Waals surface area contributed by atoms with E-state index >= 15 is 0 Å². The van der Waals surface area contributed by atoms with Crippen LogP contribution in [0, 0.1) is 5.82 Å². The minimum absolute atomic E-state index is 0.0154. The first-order valence-electron chi connectivity index (χ1n) is 15.0. The van der Waals surface area contributed by atoms with Crippen LogP contribution in [-0.4, -0.2) is 50.3 Å². The molecule has 3 aromatic carbocycles. The Balaban J connectivity index is 1.38. The highest BCUT2D eigenvalue weighted by atomic mass is 35.5. The van der Waals surface area contributed by atoms with Crippen LogP contribution in [0.2, 0.25) is 5.02 Å². The summed E-state index contributed by atoms with van der Waals surface area (Å²) in [5, 5.41) is 8.49. The van der Waals surface area contributed by atoms with E-state index in [0.29, 0.717) is 41.0 Å². The highest BCUT2D eigenvalue weighted by Gasteiger charge is 2.19. The maximum absolute atomic E-state index is 14.0. The summed E-state index contributed by atoms with van der Waals surface area (Å²) in [6.07, 6.45) is 6.44. The predicted molar refractivity (Wildman–Crippen MR) is 181 cm³/mol. The van der Waals surface area contributed by atoms with Gasteiger partial charge in [0.15, 0.2) is 5.16 Å². The molecule has 1 N–H and O–H groups in total. The van der Waals surface area contributed by atoms with Crippen LogP contribution in [0.4, 0.5) is 4.39 Å². The molecular formula is C35H36ClFN6O2S. The van der Waals surface area contributed by atoms with E-state index in [-0.39, 0.29) is 23.8 Å². The zero-order valence-electron chi connectivity index (χ0n) is 25.8. The van der Waals surface area contributed by atoms with E-state index in [9.17, 15) is 14.0 Å². The van der Waals surface area contributed by atoms with Gasteiger partial charge in [0.2, 0.25) is 5.91 Å². The Morgan fingerprint density at radius 3 is 2.28 bits per heavy atom. The fourth-order valence-electron chi connectivity index (χ4n) is 5.03. The van der Waals surface area contributed by atoms with Gasteiger partial charge in [-0.2, -0.15) is 10.1 Å². The van der Waals surface area contributed by atoms with E-state index in [2.05, 4.69) is 27.5 Å². The minimum atomic E-state index is -0.346. The number of halogens is 2. The summed E-state index contributed by atoms with van der Waals surface area (Å²) in [4.78, 5) is 33.3. The smallest absolute Gasteiger partial charge is 0.277 e. The van der Waals surface area contributed by atoms with Crippen molar-refractivity contribution in [1.29, 1.82) is 0 Å². The van der Waals surface area contributed by atoms with Gasteiger partial charge in [0.05, 0.1) is 6.20 Å². The van der Waals surface area contributed by atoms with Crippen LogP contribution in [0.25, 0.3) is 11.1 Å². The van der Waals surface area contributed by atoms with E-state index in [0.717, 1.165) is 40.8 Å². The van der Waals surface area contributed by atoms with Crippen LogP contribution in [0.1, 0.15) is 28.7 Å². The van der Waals surface area contributed by atoms with E-state index in [1.807, 2.05) is 61.6 Å². The van der Waals surface area contributed by atoms with Crippen LogP contribution < -0.4 is 10.9 Å². The van der Waals surface area contributed by atoms with Crippen molar-refractivity contribution in [3.63, 3.8) is 0 Å². The molecule has 5 aromatic rings. The summed E-state index contributed by atoms with van der Waals surface area (Å²) in [5.41, 5.74) is 5.03. The second-order valence-electron chi connectivity index (χ2n) is 11.1. The third kappa shape index (κ3) is 9.15. The van der Waals surface area contributed by atoms with Crippen molar-refractivity contribution in [3.05, 3.63) is 135 Å². The normalized spacial score (nSPS) is 11.1. The highest BCUT2D eigenvalue weighted by molar-refractivity contribution is 7.98. The van der Waals surface area contributed by atoms with Gasteiger partial charge >= 0.3 is 0 Å². The lowest BCUT2D eigenvalue weighted by Crippen LogP contribution is -2.36. The molecule has 2 aromatic heterocycles. The van der Waals surface area contributed by atoms with Crippen LogP contribution >= 0.6 is 23.4 Å². The number of aromatic nitrogens is 4. The quantitative estimate of drug-likeness (QED) is 0.0901. The fourth-order valence-corrected chi connectivity index (χ4v) is 6.08. The summed E-state index contributed by atoms with van der Waals surface area (Å²) in [7, 11) is 3.71. The molecule has 0 fully saturated rings. The topological polar surface area (TPSA) is 85.0 Å². The number of carbonyl (C=O) groups excluding carboxylic acids is 1. The summed E-state index contributed by atoms with van der Waals surface area (Å²) in [5.74, 6) is 0.0701. The lowest BCUT2D eigenvalue weighted by Gasteiger charge is -2.24.